The first kappa shape index (κ1) is 32.2. The highest BCUT2D eigenvalue weighted by atomic mass is 79.9. The highest BCUT2D eigenvalue weighted by molar-refractivity contribution is 9.10. The number of carbonyl (C=O) groups excluding carboxylic acids is 1. The summed E-state index contributed by atoms with van der Waals surface area (Å²) in [6.07, 6.45) is 0. The van der Waals surface area contributed by atoms with Crippen LogP contribution in [0.1, 0.15) is 21.5 Å². The Morgan fingerprint density at radius 2 is 1.31 bits per heavy atom. The zero-order valence-corrected chi connectivity index (χ0v) is 27.8. The SMILES string of the molecule is Cc1ccc(S(=O)(=O)N(Cc2ccc(Cl)cc2)c2ccccc2C(=O)Nc2ccc(S(=O)(=O)Nc3ccc(Br)cc3)cc2)cc1. The molecule has 0 saturated heterocycles. The first-order chi connectivity index (χ1) is 21.4. The quantitative estimate of drug-likeness (QED) is 0.152. The van der Waals surface area contributed by atoms with Crippen LogP contribution in [0.2, 0.25) is 5.02 Å². The second-order valence-corrected chi connectivity index (χ2v) is 15.0. The van der Waals surface area contributed by atoms with Crippen molar-refractivity contribution in [3.8, 4) is 0 Å². The molecule has 0 atom stereocenters. The van der Waals surface area contributed by atoms with E-state index in [1.807, 2.05) is 6.92 Å². The number of benzene rings is 5. The summed E-state index contributed by atoms with van der Waals surface area (Å²) >= 11 is 9.38. The summed E-state index contributed by atoms with van der Waals surface area (Å²) in [4.78, 5) is 13.7. The first-order valence-electron chi connectivity index (χ1n) is 13.5. The van der Waals surface area contributed by atoms with E-state index in [0.29, 0.717) is 22.0 Å². The van der Waals surface area contributed by atoms with Crippen molar-refractivity contribution in [3.05, 3.63) is 148 Å². The standard InChI is InChI=1S/C33H27BrClN3O5S2/c1-23-6-18-30(19-7-23)45(42,43)38(22-24-8-12-26(35)13-9-24)32-5-3-2-4-31(32)33(39)36-27-16-20-29(21-17-27)44(40,41)37-28-14-10-25(34)11-15-28/h2-21,37H,22H2,1H3,(H,36,39). The lowest BCUT2D eigenvalue weighted by molar-refractivity contribution is 0.102. The Labute approximate surface area is 275 Å². The molecule has 230 valence electrons. The van der Waals surface area contributed by atoms with Gasteiger partial charge in [0.25, 0.3) is 26.0 Å². The smallest absolute Gasteiger partial charge is 0.264 e. The Kier molecular flexibility index (Phi) is 9.64. The molecule has 8 nitrogen and oxygen atoms in total. The number of para-hydroxylation sites is 1. The van der Waals surface area contributed by atoms with E-state index < -0.39 is 26.0 Å². The second-order valence-electron chi connectivity index (χ2n) is 10.1. The molecule has 12 heteroatoms. The Bertz CT molecular complexity index is 2040. The molecule has 0 fully saturated rings. The Morgan fingerprint density at radius 1 is 0.733 bits per heavy atom. The van der Waals surface area contributed by atoms with Gasteiger partial charge in [-0.25, -0.2) is 16.8 Å². The number of halogens is 2. The summed E-state index contributed by atoms with van der Waals surface area (Å²) < 4.78 is 58.3. The summed E-state index contributed by atoms with van der Waals surface area (Å²) in [6.45, 7) is 1.80. The van der Waals surface area contributed by atoms with Crippen LogP contribution in [0.4, 0.5) is 17.1 Å². The molecule has 0 radical (unpaired) electrons. The van der Waals surface area contributed by atoms with Gasteiger partial charge in [-0.05, 0) is 97.4 Å². The van der Waals surface area contributed by atoms with Crippen molar-refractivity contribution in [2.24, 2.45) is 0 Å². The van der Waals surface area contributed by atoms with Crippen LogP contribution in [0.15, 0.2) is 136 Å². The molecule has 0 spiro atoms. The van der Waals surface area contributed by atoms with Gasteiger partial charge in [-0.2, -0.15) is 0 Å². The minimum absolute atomic E-state index is 0.00199. The maximum Gasteiger partial charge on any atom is 0.264 e. The van der Waals surface area contributed by atoms with E-state index in [-0.39, 0.29) is 27.6 Å². The minimum atomic E-state index is -4.11. The van der Waals surface area contributed by atoms with Gasteiger partial charge in [0.2, 0.25) is 0 Å². The molecule has 0 aliphatic carbocycles. The molecule has 5 rings (SSSR count). The van der Waals surface area contributed by atoms with Crippen LogP contribution in [0.3, 0.4) is 0 Å². The van der Waals surface area contributed by atoms with Crippen molar-refractivity contribution in [3.63, 3.8) is 0 Å². The van der Waals surface area contributed by atoms with Gasteiger partial charge in [0.1, 0.15) is 0 Å². The average molecular weight is 725 g/mol. The lowest BCUT2D eigenvalue weighted by Crippen LogP contribution is -2.32. The van der Waals surface area contributed by atoms with Crippen LogP contribution >= 0.6 is 27.5 Å². The fraction of sp³-hybridized carbons (Fsp3) is 0.0606. The summed E-state index contributed by atoms with van der Waals surface area (Å²) in [5, 5.41) is 3.27. The molecule has 0 saturated carbocycles. The topological polar surface area (TPSA) is 113 Å². The average Bonchev–Trinajstić information content (AvgIpc) is 3.02. The molecular formula is C33H27BrClN3O5S2. The predicted octanol–water partition coefficient (Wildman–Crippen LogP) is 7.86. The molecule has 0 aromatic heterocycles. The zero-order valence-electron chi connectivity index (χ0n) is 23.8. The van der Waals surface area contributed by atoms with E-state index >= 15 is 0 Å². The predicted molar refractivity (Wildman–Crippen MR) is 182 cm³/mol. The molecule has 0 aliphatic rings. The number of amides is 1. The molecule has 0 heterocycles. The van der Waals surface area contributed by atoms with Crippen molar-refractivity contribution in [1.82, 2.24) is 0 Å². The molecule has 2 N–H and O–H groups in total. The Morgan fingerprint density at radius 3 is 1.96 bits per heavy atom. The first-order valence-corrected chi connectivity index (χ1v) is 17.6. The third-order valence-corrected chi connectivity index (χ3v) is 10.7. The fourth-order valence-electron chi connectivity index (χ4n) is 4.42. The lowest BCUT2D eigenvalue weighted by atomic mass is 10.1. The van der Waals surface area contributed by atoms with E-state index in [1.54, 1.807) is 78.9 Å². The number of rotatable bonds is 10. The van der Waals surface area contributed by atoms with Gasteiger partial charge in [0, 0.05) is 20.9 Å². The van der Waals surface area contributed by atoms with Crippen LogP contribution in [-0.4, -0.2) is 22.7 Å². The number of anilines is 3. The summed E-state index contributed by atoms with van der Waals surface area (Å²) in [5.41, 5.74) is 2.57. The van der Waals surface area contributed by atoms with Gasteiger partial charge >= 0.3 is 0 Å². The van der Waals surface area contributed by atoms with Crippen LogP contribution in [0, 0.1) is 6.92 Å². The van der Waals surface area contributed by atoms with Crippen LogP contribution in [-0.2, 0) is 26.6 Å². The second kappa shape index (κ2) is 13.5. The largest absolute Gasteiger partial charge is 0.322 e. The fourth-order valence-corrected chi connectivity index (χ4v) is 7.34. The third-order valence-electron chi connectivity index (χ3n) is 6.78. The van der Waals surface area contributed by atoms with Gasteiger partial charge in [-0.15, -0.1) is 0 Å². The minimum Gasteiger partial charge on any atom is -0.322 e. The molecular weight excluding hydrogens is 698 g/mol. The summed E-state index contributed by atoms with van der Waals surface area (Å²) in [6, 6.07) is 32.0. The number of sulfonamides is 2. The van der Waals surface area contributed by atoms with E-state index in [0.717, 1.165) is 10.0 Å². The van der Waals surface area contributed by atoms with Crippen molar-refractivity contribution >= 4 is 70.5 Å². The van der Waals surface area contributed by atoms with Crippen LogP contribution < -0.4 is 14.3 Å². The highest BCUT2D eigenvalue weighted by Gasteiger charge is 2.29. The Hall–Kier alpha value is -4.16. The maximum absolute atomic E-state index is 14.0. The lowest BCUT2D eigenvalue weighted by Gasteiger charge is -2.27. The third kappa shape index (κ3) is 7.74. The summed E-state index contributed by atoms with van der Waals surface area (Å²) in [7, 11) is -7.99. The molecule has 45 heavy (non-hydrogen) atoms. The number of aryl methyl sites for hydroxylation is 1. The summed E-state index contributed by atoms with van der Waals surface area (Å²) in [5.74, 6) is -0.575. The van der Waals surface area contributed by atoms with E-state index in [4.69, 9.17) is 11.6 Å². The normalized spacial score (nSPS) is 11.5. The Balaban J connectivity index is 1.43. The molecule has 0 bridgehead atoms. The molecule has 5 aromatic carbocycles. The van der Waals surface area contributed by atoms with Crippen LogP contribution in [0.25, 0.3) is 0 Å². The van der Waals surface area contributed by atoms with Crippen molar-refractivity contribution < 1.29 is 21.6 Å². The van der Waals surface area contributed by atoms with Gasteiger partial charge < -0.3 is 5.32 Å². The van der Waals surface area contributed by atoms with E-state index in [9.17, 15) is 21.6 Å². The maximum atomic E-state index is 14.0. The van der Waals surface area contributed by atoms with E-state index in [2.05, 4.69) is 26.0 Å². The number of carbonyl (C=O) groups is 1. The van der Waals surface area contributed by atoms with E-state index in [1.165, 1.54) is 46.8 Å². The molecule has 1 amide bonds. The zero-order chi connectivity index (χ0) is 32.2. The van der Waals surface area contributed by atoms with Crippen LogP contribution in [0.5, 0.6) is 0 Å². The van der Waals surface area contributed by atoms with Crippen molar-refractivity contribution in [2.75, 3.05) is 14.3 Å². The molecule has 5 aromatic rings. The number of hydrogen-bond donors (Lipinski definition) is 2. The van der Waals surface area contributed by atoms with Crippen molar-refractivity contribution in [2.45, 2.75) is 23.3 Å². The van der Waals surface area contributed by atoms with Gasteiger partial charge in [0.05, 0.1) is 27.6 Å². The van der Waals surface area contributed by atoms with Gasteiger partial charge in [-0.1, -0.05) is 69.5 Å². The molecule has 0 unspecified atom stereocenters. The van der Waals surface area contributed by atoms with Crippen molar-refractivity contribution in [1.29, 1.82) is 0 Å². The monoisotopic (exact) mass is 723 g/mol. The van der Waals surface area contributed by atoms with Gasteiger partial charge in [0.15, 0.2) is 0 Å². The highest BCUT2D eigenvalue weighted by Crippen LogP contribution is 2.31. The van der Waals surface area contributed by atoms with Gasteiger partial charge in [-0.3, -0.25) is 13.8 Å². The number of nitrogens with one attached hydrogen (secondary N) is 2. The number of nitrogens with zero attached hydrogens (tertiary/aromatic N) is 1. The molecule has 0 aliphatic heterocycles. The number of hydrogen-bond acceptors (Lipinski definition) is 5.